The Hall–Kier alpha value is -0.530. The molecule has 0 saturated carbocycles. The van der Waals surface area contributed by atoms with Crippen LogP contribution in [0.2, 0.25) is 0 Å². The lowest BCUT2D eigenvalue weighted by Crippen LogP contribution is -2.50. The summed E-state index contributed by atoms with van der Waals surface area (Å²) in [4.78, 5) is 14.1. The van der Waals surface area contributed by atoms with Crippen LogP contribution in [0, 0.1) is 0 Å². The molecule has 3 N–H and O–H groups in total. The smallest absolute Gasteiger partial charge is 0.315 e. The van der Waals surface area contributed by atoms with Gasteiger partial charge in [-0.05, 0) is 55.9 Å². The van der Waals surface area contributed by atoms with E-state index in [4.69, 9.17) is 0 Å². The van der Waals surface area contributed by atoms with Crippen LogP contribution in [0.25, 0.3) is 0 Å². The Labute approximate surface area is 149 Å². The lowest BCUT2D eigenvalue weighted by atomic mass is 10.1. The number of carbonyl (C=O) groups excluding carboxylic acids is 1. The monoisotopic (exact) mass is 368 g/mol. The first kappa shape index (κ1) is 21.5. The number of piperidine rings is 1. The molecule has 0 spiro atoms. The molecule has 1 aromatic heterocycles. The van der Waals surface area contributed by atoms with Crippen molar-refractivity contribution in [3.8, 4) is 0 Å². The molecule has 0 aliphatic carbocycles. The fourth-order valence-electron chi connectivity index (χ4n) is 2.46. The first-order chi connectivity index (χ1) is 9.66. The molecule has 0 aromatic carbocycles. The summed E-state index contributed by atoms with van der Waals surface area (Å²) in [6, 6.07) is 2.51. The molecule has 1 aliphatic heterocycles. The molecular formula is C14H26Cl2N4OS. The Morgan fingerprint density at radius 3 is 2.82 bits per heavy atom. The van der Waals surface area contributed by atoms with Crippen LogP contribution in [-0.4, -0.2) is 50.7 Å². The molecule has 8 heteroatoms. The third-order valence-corrected chi connectivity index (χ3v) is 4.34. The topological polar surface area (TPSA) is 56.4 Å². The molecular weight excluding hydrogens is 343 g/mol. The average Bonchev–Trinajstić information content (AvgIpc) is 2.93. The summed E-state index contributed by atoms with van der Waals surface area (Å²) in [6.45, 7) is 2.55. The van der Waals surface area contributed by atoms with Gasteiger partial charge >= 0.3 is 6.03 Å². The Kier molecular flexibility index (Phi) is 10.8. The van der Waals surface area contributed by atoms with Gasteiger partial charge in [0.2, 0.25) is 0 Å². The summed E-state index contributed by atoms with van der Waals surface area (Å²) in [5.41, 5.74) is 1.25. The highest BCUT2D eigenvalue weighted by Gasteiger charge is 2.18. The predicted octanol–water partition coefficient (Wildman–Crippen LogP) is 2.25. The molecule has 128 valence electrons. The van der Waals surface area contributed by atoms with Crippen LogP contribution in [-0.2, 0) is 0 Å². The van der Waals surface area contributed by atoms with Crippen LogP contribution in [0.3, 0.4) is 0 Å². The number of hydrogen-bond acceptors (Lipinski definition) is 4. The molecule has 2 rings (SSSR count). The fraction of sp³-hybridized carbons (Fsp3) is 0.643. The summed E-state index contributed by atoms with van der Waals surface area (Å²) in [5, 5.41) is 13.5. The maximum absolute atomic E-state index is 11.9. The Bertz CT molecular complexity index is 411. The van der Waals surface area contributed by atoms with E-state index in [1.807, 2.05) is 14.1 Å². The molecule has 0 radical (unpaired) electrons. The highest BCUT2D eigenvalue weighted by atomic mass is 35.5. The van der Waals surface area contributed by atoms with E-state index in [0.29, 0.717) is 6.54 Å². The SMILES string of the molecule is CN(C)C(CNC(=O)NC1CCCNC1)c1ccsc1.Cl.Cl. The van der Waals surface area contributed by atoms with Crippen molar-refractivity contribution < 1.29 is 4.79 Å². The quantitative estimate of drug-likeness (QED) is 0.746. The maximum Gasteiger partial charge on any atom is 0.315 e. The van der Waals surface area contributed by atoms with Gasteiger partial charge in [-0.25, -0.2) is 4.79 Å². The second kappa shape index (κ2) is 11.1. The molecule has 5 nitrogen and oxygen atoms in total. The minimum atomic E-state index is -0.0687. The zero-order valence-electron chi connectivity index (χ0n) is 13.0. The zero-order valence-corrected chi connectivity index (χ0v) is 15.5. The Morgan fingerprint density at radius 1 is 1.50 bits per heavy atom. The van der Waals surface area contributed by atoms with Crippen LogP contribution in [0.4, 0.5) is 4.79 Å². The first-order valence-electron chi connectivity index (χ1n) is 7.10. The van der Waals surface area contributed by atoms with Gasteiger partial charge in [0, 0.05) is 19.1 Å². The van der Waals surface area contributed by atoms with Gasteiger partial charge in [-0.3, -0.25) is 0 Å². The van der Waals surface area contributed by atoms with E-state index in [2.05, 4.69) is 37.7 Å². The van der Waals surface area contributed by atoms with E-state index in [9.17, 15) is 4.79 Å². The van der Waals surface area contributed by atoms with E-state index < -0.39 is 0 Å². The highest BCUT2D eigenvalue weighted by Crippen LogP contribution is 2.19. The van der Waals surface area contributed by atoms with Crippen molar-refractivity contribution in [2.75, 3.05) is 33.7 Å². The molecule has 1 aliphatic rings. The number of hydrogen-bond donors (Lipinski definition) is 3. The lowest BCUT2D eigenvalue weighted by molar-refractivity contribution is 0.226. The average molecular weight is 369 g/mol. The third kappa shape index (κ3) is 6.71. The Morgan fingerprint density at radius 2 is 2.27 bits per heavy atom. The van der Waals surface area contributed by atoms with E-state index in [-0.39, 0.29) is 42.9 Å². The van der Waals surface area contributed by atoms with Crippen LogP contribution in [0.1, 0.15) is 24.4 Å². The summed E-state index contributed by atoms with van der Waals surface area (Å²) < 4.78 is 0. The predicted molar refractivity (Wildman–Crippen MR) is 97.7 cm³/mol. The third-order valence-electron chi connectivity index (χ3n) is 3.64. The van der Waals surface area contributed by atoms with Crippen molar-refractivity contribution in [1.29, 1.82) is 0 Å². The van der Waals surface area contributed by atoms with Crippen molar-refractivity contribution >= 4 is 42.2 Å². The number of carbonyl (C=O) groups is 1. The molecule has 1 saturated heterocycles. The lowest BCUT2D eigenvalue weighted by Gasteiger charge is -2.26. The van der Waals surface area contributed by atoms with E-state index in [1.54, 1.807) is 11.3 Å². The molecule has 2 unspecified atom stereocenters. The number of amides is 2. The standard InChI is InChI=1S/C14H24N4OS.2ClH/c1-18(2)13(11-5-7-20-10-11)9-16-14(19)17-12-4-3-6-15-8-12;;/h5,7,10,12-13,15H,3-4,6,8-9H2,1-2H3,(H2,16,17,19);2*1H. The van der Waals surface area contributed by atoms with Crippen molar-refractivity contribution in [3.05, 3.63) is 22.4 Å². The van der Waals surface area contributed by atoms with Crippen LogP contribution >= 0.6 is 36.2 Å². The number of thiophene rings is 1. The van der Waals surface area contributed by atoms with E-state index in [0.717, 1.165) is 25.9 Å². The second-order valence-corrected chi connectivity index (χ2v) is 6.21. The second-order valence-electron chi connectivity index (χ2n) is 5.43. The van der Waals surface area contributed by atoms with Crippen molar-refractivity contribution in [3.63, 3.8) is 0 Å². The largest absolute Gasteiger partial charge is 0.336 e. The molecule has 2 heterocycles. The van der Waals surface area contributed by atoms with Gasteiger partial charge in [-0.1, -0.05) is 0 Å². The number of urea groups is 1. The summed E-state index contributed by atoms with van der Waals surface area (Å²) in [7, 11) is 4.07. The summed E-state index contributed by atoms with van der Waals surface area (Å²) in [5.74, 6) is 0. The van der Waals surface area contributed by atoms with E-state index >= 15 is 0 Å². The van der Waals surface area contributed by atoms with Crippen molar-refractivity contribution in [2.24, 2.45) is 0 Å². The highest BCUT2D eigenvalue weighted by molar-refractivity contribution is 7.07. The summed E-state index contributed by atoms with van der Waals surface area (Å²) in [6.07, 6.45) is 2.18. The van der Waals surface area contributed by atoms with Gasteiger partial charge in [0.25, 0.3) is 0 Å². The van der Waals surface area contributed by atoms with Gasteiger partial charge < -0.3 is 20.9 Å². The fourth-order valence-corrected chi connectivity index (χ4v) is 3.17. The molecule has 0 bridgehead atoms. The first-order valence-corrected chi connectivity index (χ1v) is 8.04. The molecule has 22 heavy (non-hydrogen) atoms. The van der Waals surface area contributed by atoms with Crippen molar-refractivity contribution in [1.82, 2.24) is 20.9 Å². The molecule has 2 atom stereocenters. The number of likely N-dealkylation sites (N-methyl/N-ethyl adjacent to an activating group) is 1. The van der Waals surface area contributed by atoms with Crippen LogP contribution in [0.15, 0.2) is 16.8 Å². The van der Waals surface area contributed by atoms with Crippen LogP contribution in [0.5, 0.6) is 0 Å². The molecule has 2 amide bonds. The zero-order chi connectivity index (χ0) is 14.4. The van der Waals surface area contributed by atoms with Gasteiger partial charge in [0.15, 0.2) is 0 Å². The van der Waals surface area contributed by atoms with Crippen molar-refractivity contribution in [2.45, 2.75) is 24.9 Å². The van der Waals surface area contributed by atoms with Gasteiger partial charge in [-0.15, -0.1) is 24.8 Å². The Balaban J connectivity index is 0.00000220. The van der Waals surface area contributed by atoms with Gasteiger partial charge in [-0.2, -0.15) is 11.3 Å². The number of rotatable bonds is 5. The molecule has 1 fully saturated rings. The van der Waals surface area contributed by atoms with Crippen LogP contribution < -0.4 is 16.0 Å². The van der Waals surface area contributed by atoms with Gasteiger partial charge in [0.1, 0.15) is 0 Å². The van der Waals surface area contributed by atoms with Gasteiger partial charge in [0.05, 0.1) is 6.04 Å². The number of nitrogens with one attached hydrogen (secondary N) is 3. The number of nitrogens with zero attached hydrogens (tertiary/aromatic N) is 1. The van der Waals surface area contributed by atoms with E-state index in [1.165, 1.54) is 5.56 Å². The summed E-state index contributed by atoms with van der Waals surface area (Å²) >= 11 is 1.68. The molecule has 1 aromatic rings. The minimum absolute atomic E-state index is 0. The maximum atomic E-state index is 11.9. The number of halogens is 2. The minimum Gasteiger partial charge on any atom is -0.336 e. The normalized spacial score (nSPS) is 18.8.